The number of hydrogen-bond acceptors (Lipinski definition) is 3. The summed E-state index contributed by atoms with van der Waals surface area (Å²) in [5, 5.41) is 16.6. The SMILES string of the molecule is CC(C)(CNC(=O)Nc1ccc(F)cc1)/C(N)=N/O. The number of oxime groups is 1. The third-order valence-electron chi connectivity index (χ3n) is 2.59. The van der Waals surface area contributed by atoms with E-state index in [2.05, 4.69) is 15.8 Å². The van der Waals surface area contributed by atoms with Crippen LogP contribution in [0.4, 0.5) is 14.9 Å². The zero-order valence-electron chi connectivity index (χ0n) is 10.8. The van der Waals surface area contributed by atoms with Crippen LogP contribution in [-0.2, 0) is 0 Å². The lowest BCUT2D eigenvalue weighted by Crippen LogP contribution is -2.43. The van der Waals surface area contributed by atoms with Crippen LogP contribution in [0.5, 0.6) is 0 Å². The molecule has 0 fully saturated rings. The number of amidine groups is 1. The van der Waals surface area contributed by atoms with Gasteiger partial charge in [-0.3, -0.25) is 0 Å². The fraction of sp³-hybridized carbons (Fsp3) is 0.333. The normalized spacial score (nSPS) is 12.1. The first-order valence-electron chi connectivity index (χ1n) is 5.63. The molecule has 0 radical (unpaired) electrons. The molecule has 7 heteroatoms. The van der Waals surface area contributed by atoms with Crippen LogP contribution < -0.4 is 16.4 Å². The lowest BCUT2D eigenvalue weighted by molar-refractivity contribution is 0.248. The molecule has 6 nitrogen and oxygen atoms in total. The molecule has 0 atom stereocenters. The van der Waals surface area contributed by atoms with Crippen LogP contribution in [0.15, 0.2) is 29.4 Å². The van der Waals surface area contributed by atoms with E-state index in [1.807, 2.05) is 0 Å². The van der Waals surface area contributed by atoms with E-state index in [-0.39, 0.29) is 18.2 Å². The maximum absolute atomic E-state index is 12.7. The average Bonchev–Trinajstić information content (AvgIpc) is 2.38. The second-order valence-corrected chi connectivity index (χ2v) is 4.68. The number of nitrogens with one attached hydrogen (secondary N) is 2. The number of nitrogens with zero attached hydrogens (tertiary/aromatic N) is 1. The van der Waals surface area contributed by atoms with Gasteiger partial charge in [0.2, 0.25) is 0 Å². The molecule has 0 heterocycles. The van der Waals surface area contributed by atoms with Crippen LogP contribution in [0, 0.1) is 11.2 Å². The predicted octanol–water partition coefficient (Wildman–Crippen LogP) is 1.72. The van der Waals surface area contributed by atoms with Gasteiger partial charge in [-0.25, -0.2) is 9.18 Å². The number of carbonyl (C=O) groups excluding carboxylic acids is 1. The Morgan fingerprint density at radius 1 is 1.42 bits per heavy atom. The number of urea groups is 1. The van der Waals surface area contributed by atoms with Crippen molar-refractivity contribution in [3.05, 3.63) is 30.1 Å². The van der Waals surface area contributed by atoms with Crippen LogP contribution >= 0.6 is 0 Å². The third kappa shape index (κ3) is 4.46. The minimum atomic E-state index is -0.672. The number of benzene rings is 1. The zero-order chi connectivity index (χ0) is 14.5. The minimum Gasteiger partial charge on any atom is -0.409 e. The summed E-state index contributed by atoms with van der Waals surface area (Å²) in [5.41, 5.74) is 5.29. The molecule has 1 aromatic carbocycles. The second kappa shape index (κ2) is 6.03. The summed E-state index contributed by atoms with van der Waals surface area (Å²) in [7, 11) is 0. The minimum absolute atomic E-state index is 0.0228. The van der Waals surface area contributed by atoms with E-state index >= 15 is 0 Å². The Morgan fingerprint density at radius 2 is 2.00 bits per heavy atom. The van der Waals surface area contributed by atoms with Gasteiger partial charge in [0.15, 0.2) is 0 Å². The Hall–Kier alpha value is -2.31. The van der Waals surface area contributed by atoms with E-state index in [9.17, 15) is 9.18 Å². The summed E-state index contributed by atoms with van der Waals surface area (Å²) >= 11 is 0. The first kappa shape index (κ1) is 14.7. The standard InChI is InChI=1S/C12H17FN4O2/c1-12(2,10(14)17-19)7-15-11(18)16-9-5-3-8(13)4-6-9/h3-6,19H,7H2,1-2H3,(H2,14,17)(H2,15,16,18). The van der Waals surface area contributed by atoms with Crippen LogP contribution in [0.25, 0.3) is 0 Å². The molecule has 0 aliphatic rings. The molecule has 0 aromatic heterocycles. The Bertz CT molecular complexity index is 471. The fourth-order valence-electron chi connectivity index (χ4n) is 1.24. The molecule has 1 rings (SSSR count). The molecular weight excluding hydrogens is 251 g/mol. The lowest BCUT2D eigenvalue weighted by atomic mass is 9.92. The van der Waals surface area contributed by atoms with E-state index in [1.165, 1.54) is 24.3 Å². The van der Waals surface area contributed by atoms with Gasteiger partial charge >= 0.3 is 6.03 Å². The number of halogens is 1. The molecule has 1 aromatic rings. The van der Waals surface area contributed by atoms with Crippen molar-refractivity contribution >= 4 is 17.6 Å². The van der Waals surface area contributed by atoms with E-state index in [0.717, 1.165) is 0 Å². The Kier molecular flexibility index (Phi) is 4.68. The molecule has 2 amide bonds. The average molecular weight is 268 g/mol. The molecule has 0 spiro atoms. The van der Waals surface area contributed by atoms with E-state index in [1.54, 1.807) is 13.8 Å². The molecule has 104 valence electrons. The summed E-state index contributed by atoms with van der Waals surface area (Å²) in [5.74, 6) is -0.353. The van der Waals surface area contributed by atoms with E-state index in [0.29, 0.717) is 5.69 Å². The summed E-state index contributed by atoms with van der Waals surface area (Å²) in [4.78, 5) is 11.6. The lowest BCUT2D eigenvalue weighted by Gasteiger charge is -2.23. The molecule has 0 saturated heterocycles. The molecule has 5 N–H and O–H groups in total. The first-order valence-corrected chi connectivity index (χ1v) is 5.63. The van der Waals surface area contributed by atoms with Crippen molar-refractivity contribution in [1.29, 1.82) is 0 Å². The van der Waals surface area contributed by atoms with Gasteiger partial charge in [0, 0.05) is 17.6 Å². The van der Waals surface area contributed by atoms with Crippen LogP contribution in [0.3, 0.4) is 0 Å². The topological polar surface area (TPSA) is 99.7 Å². The number of rotatable bonds is 4. The first-order chi connectivity index (χ1) is 8.85. The Morgan fingerprint density at radius 3 is 2.53 bits per heavy atom. The highest BCUT2D eigenvalue weighted by molar-refractivity contribution is 5.90. The van der Waals surface area contributed by atoms with Crippen molar-refractivity contribution < 1.29 is 14.4 Å². The highest BCUT2D eigenvalue weighted by Crippen LogP contribution is 2.13. The van der Waals surface area contributed by atoms with Crippen molar-refractivity contribution in [2.24, 2.45) is 16.3 Å². The van der Waals surface area contributed by atoms with Crippen LogP contribution in [0.1, 0.15) is 13.8 Å². The monoisotopic (exact) mass is 268 g/mol. The molecule has 0 aliphatic carbocycles. The zero-order valence-corrected chi connectivity index (χ0v) is 10.8. The molecule has 0 aliphatic heterocycles. The highest BCUT2D eigenvalue weighted by atomic mass is 19.1. The van der Waals surface area contributed by atoms with Gasteiger partial charge in [0.25, 0.3) is 0 Å². The van der Waals surface area contributed by atoms with E-state index < -0.39 is 11.4 Å². The number of nitrogens with two attached hydrogens (primary N) is 1. The smallest absolute Gasteiger partial charge is 0.319 e. The van der Waals surface area contributed by atoms with Crippen molar-refractivity contribution in [3.63, 3.8) is 0 Å². The summed E-state index contributed by atoms with van der Waals surface area (Å²) in [6.45, 7) is 3.64. The maximum atomic E-state index is 12.7. The molecule has 0 saturated carbocycles. The highest BCUT2D eigenvalue weighted by Gasteiger charge is 2.24. The molecule has 19 heavy (non-hydrogen) atoms. The summed E-state index contributed by atoms with van der Waals surface area (Å²) < 4.78 is 12.7. The number of carbonyl (C=O) groups is 1. The van der Waals surface area contributed by atoms with Crippen LogP contribution in [0.2, 0.25) is 0 Å². The van der Waals surface area contributed by atoms with Gasteiger partial charge in [0.05, 0.1) is 0 Å². The Labute approximate surface area is 110 Å². The predicted molar refractivity (Wildman–Crippen MR) is 70.6 cm³/mol. The van der Waals surface area contributed by atoms with Gasteiger partial charge in [-0.05, 0) is 24.3 Å². The summed E-state index contributed by atoms with van der Waals surface area (Å²) in [6, 6.07) is 4.93. The van der Waals surface area contributed by atoms with Gasteiger partial charge < -0.3 is 21.6 Å². The van der Waals surface area contributed by atoms with Crippen molar-refractivity contribution in [2.45, 2.75) is 13.8 Å². The third-order valence-corrected chi connectivity index (χ3v) is 2.59. The van der Waals surface area contributed by atoms with Gasteiger partial charge in [-0.1, -0.05) is 19.0 Å². The molecular formula is C12H17FN4O2. The Balaban J connectivity index is 2.50. The van der Waals surface area contributed by atoms with Crippen LogP contribution in [-0.4, -0.2) is 23.6 Å². The molecule has 0 unspecified atom stereocenters. The van der Waals surface area contributed by atoms with Crippen molar-refractivity contribution in [1.82, 2.24) is 5.32 Å². The van der Waals surface area contributed by atoms with Crippen molar-refractivity contribution in [2.75, 3.05) is 11.9 Å². The summed E-state index contributed by atoms with van der Waals surface area (Å²) in [6.07, 6.45) is 0. The number of amides is 2. The number of hydrogen-bond donors (Lipinski definition) is 4. The fourth-order valence-corrected chi connectivity index (χ4v) is 1.24. The van der Waals surface area contributed by atoms with Gasteiger partial charge in [-0.2, -0.15) is 0 Å². The van der Waals surface area contributed by atoms with E-state index in [4.69, 9.17) is 10.9 Å². The van der Waals surface area contributed by atoms with Gasteiger partial charge in [-0.15, -0.1) is 0 Å². The maximum Gasteiger partial charge on any atom is 0.319 e. The quantitative estimate of drug-likeness (QED) is 0.289. The van der Waals surface area contributed by atoms with Gasteiger partial charge in [0.1, 0.15) is 11.7 Å². The second-order valence-electron chi connectivity index (χ2n) is 4.68. The number of anilines is 1. The molecule has 0 bridgehead atoms. The van der Waals surface area contributed by atoms with Crippen molar-refractivity contribution in [3.8, 4) is 0 Å². The largest absolute Gasteiger partial charge is 0.409 e.